The minimum Gasteiger partial charge on any atom is -0.292 e. The van der Waals surface area contributed by atoms with Crippen LogP contribution in [0.25, 0.3) is 0 Å². The van der Waals surface area contributed by atoms with Crippen LogP contribution in [0, 0.1) is 5.92 Å². The molecule has 2 aromatic rings. The van der Waals surface area contributed by atoms with E-state index in [1.54, 1.807) is 0 Å². The van der Waals surface area contributed by atoms with Crippen molar-refractivity contribution in [3.05, 3.63) is 65.7 Å². The van der Waals surface area contributed by atoms with E-state index in [9.17, 15) is 9.59 Å². The topological polar surface area (TPSA) is 40.6 Å². The van der Waals surface area contributed by atoms with Crippen LogP contribution < -0.4 is 4.90 Å². The third-order valence-corrected chi connectivity index (χ3v) is 6.16. The molecule has 2 heterocycles. The number of hydrogen-bond acceptors (Lipinski definition) is 3. The van der Waals surface area contributed by atoms with Crippen LogP contribution in [0.4, 0.5) is 5.69 Å². The highest BCUT2D eigenvalue weighted by molar-refractivity contribution is 6.18. The maximum absolute atomic E-state index is 13.2. The van der Waals surface area contributed by atoms with Crippen LogP contribution in [-0.4, -0.2) is 35.8 Å². The number of fused-ring (bicyclic) bond motifs is 1. The zero-order valence-electron chi connectivity index (χ0n) is 16.5. The van der Waals surface area contributed by atoms with Gasteiger partial charge in [-0.15, -0.1) is 0 Å². The van der Waals surface area contributed by atoms with Gasteiger partial charge in [-0.25, -0.2) is 4.90 Å². The minimum absolute atomic E-state index is 0.0490. The average Bonchev–Trinajstić information content (AvgIpc) is 2.74. The summed E-state index contributed by atoms with van der Waals surface area (Å²) in [6.07, 6.45) is 4.35. The lowest BCUT2D eigenvalue weighted by Gasteiger charge is -2.41. The lowest BCUT2D eigenvalue weighted by molar-refractivity contribution is -0.130. The third kappa shape index (κ3) is 3.74. The van der Waals surface area contributed by atoms with E-state index in [1.165, 1.54) is 10.5 Å². The number of imide groups is 1. The second-order valence-corrected chi connectivity index (χ2v) is 7.94. The number of nitrogens with zero attached hydrogens (tertiary/aromatic N) is 2. The van der Waals surface area contributed by atoms with Gasteiger partial charge < -0.3 is 0 Å². The van der Waals surface area contributed by atoms with Gasteiger partial charge in [0.15, 0.2) is 0 Å². The Morgan fingerprint density at radius 3 is 2.39 bits per heavy atom. The van der Waals surface area contributed by atoms with Gasteiger partial charge in [0.05, 0.1) is 11.7 Å². The molecule has 0 bridgehead atoms. The Labute approximate surface area is 167 Å². The molecule has 0 spiro atoms. The first-order chi connectivity index (χ1) is 13.7. The first-order valence-electron chi connectivity index (χ1n) is 10.4. The van der Waals surface area contributed by atoms with E-state index >= 15 is 0 Å². The number of anilines is 1. The highest BCUT2D eigenvalue weighted by atomic mass is 16.2. The van der Waals surface area contributed by atoms with Crippen molar-refractivity contribution in [3.8, 4) is 0 Å². The predicted molar refractivity (Wildman–Crippen MR) is 111 cm³/mol. The fraction of sp³-hybridized carbons (Fsp3) is 0.417. The van der Waals surface area contributed by atoms with Crippen LogP contribution in [-0.2, 0) is 22.4 Å². The Bertz CT molecular complexity index is 841. The van der Waals surface area contributed by atoms with Crippen molar-refractivity contribution in [2.45, 2.75) is 45.1 Å². The molecule has 0 aliphatic carbocycles. The number of amides is 2. The lowest BCUT2D eigenvalue weighted by Crippen LogP contribution is -2.56. The first-order valence-corrected chi connectivity index (χ1v) is 10.4. The van der Waals surface area contributed by atoms with Gasteiger partial charge in [-0.1, -0.05) is 55.5 Å². The Morgan fingerprint density at radius 2 is 1.68 bits per heavy atom. The van der Waals surface area contributed by atoms with Crippen LogP contribution in [0.1, 0.15) is 37.3 Å². The molecule has 0 aromatic heterocycles. The van der Waals surface area contributed by atoms with Crippen molar-refractivity contribution in [3.63, 3.8) is 0 Å². The van der Waals surface area contributed by atoms with E-state index in [4.69, 9.17) is 0 Å². The molecule has 1 atom stereocenters. The monoisotopic (exact) mass is 376 g/mol. The molecule has 4 rings (SSSR count). The van der Waals surface area contributed by atoms with E-state index in [0.29, 0.717) is 18.8 Å². The third-order valence-electron chi connectivity index (χ3n) is 6.16. The largest absolute Gasteiger partial charge is 0.292 e. The van der Waals surface area contributed by atoms with E-state index in [1.807, 2.05) is 31.2 Å². The van der Waals surface area contributed by atoms with Crippen molar-refractivity contribution >= 4 is 17.5 Å². The number of carbonyl (C=O) groups excluding carboxylic acids is 2. The lowest BCUT2D eigenvalue weighted by atomic mass is 9.88. The average molecular weight is 377 g/mol. The highest BCUT2D eigenvalue weighted by Gasteiger charge is 2.39. The summed E-state index contributed by atoms with van der Waals surface area (Å²) in [4.78, 5) is 29.5. The van der Waals surface area contributed by atoms with Gasteiger partial charge in [0.2, 0.25) is 5.91 Å². The molecule has 0 N–H and O–H groups in total. The smallest absolute Gasteiger partial charge is 0.251 e. The number of para-hydroxylation sites is 1. The molecular formula is C24H28N2O2. The molecule has 0 radical (unpaired) electrons. The van der Waals surface area contributed by atoms with Crippen LogP contribution in [0.15, 0.2) is 54.6 Å². The van der Waals surface area contributed by atoms with Gasteiger partial charge in [0.25, 0.3) is 5.91 Å². The van der Waals surface area contributed by atoms with Gasteiger partial charge in [0.1, 0.15) is 0 Å². The fourth-order valence-corrected chi connectivity index (χ4v) is 4.58. The Morgan fingerprint density at radius 1 is 1.00 bits per heavy atom. The van der Waals surface area contributed by atoms with Crippen LogP contribution in [0.3, 0.4) is 0 Å². The molecule has 4 heteroatoms. The zero-order chi connectivity index (χ0) is 19.5. The summed E-state index contributed by atoms with van der Waals surface area (Å²) < 4.78 is 0. The van der Waals surface area contributed by atoms with Gasteiger partial charge in [-0.05, 0) is 61.9 Å². The summed E-state index contributed by atoms with van der Waals surface area (Å²) in [7, 11) is 0. The molecule has 1 fully saturated rings. The first kappa shape index (κ1) is 18.9. The molecular weight excluding hydrogens is 348 g/mol. The van der Waals surface area contributed by atoms with Gasteiger partial charge in [0, 0.05) is 6.42 Å². The summed E-state index contributed by atoms with van der Waals surface area (Å²) in [5, 5.41) is 0. The van der Waals surface area contributed by atoms with Crippen molar-refractivity contribution in [2.24, 2.45) is 5.92 Å². The fourth-order valence-electron chi connectivity index (χ4n) is 4.58. The predicted octanol–water partition coefficient (Wildman–Crippen LogP) is 3.84. The minimum atomic E-state index is -0.219. The number of hydrogen-bond donors (Lipinski definition) is 0. The molecule has 146 valence electrons. The van der Waals surface area contributed by atoms with Crippen LogP contribution in [0.2, 0.25) is 0 Å². The van der Waals surface area contributed by atoms with Gasteiger partial charge >= 0.3 is 0 Å². The Hall–Kier alpha value is -2.46. The number of benzene rings is 2. The maximum Gasteiger partial charge on any atom is 0.251 e. The van der Waals surface area contributed by atoms with Crippen molar-refractivity contribution in [1.29, 1.82) is 0 Å². The molecule has 28 heavy (non-hydrogen) atoms. The van der Waals surface area contributed by atoms with E-state index < -0.39 is 0 Å². The van der Waals surface area contributed by atoms with E-state index in [-0.39, 0.29) is 17.9 Å². The number of likely N-dealkylation sites (tertiary alicyclic amines) is 1. The molecule has 2 aromatic carbocycles. The molecule has 2 amide bonds. The van der Waals surface area contributed by atoms with Gasteiger partial charge in [-0.3, -0.25) is 14.5 Å². The molecule has 0 saturated carbocycles. The van der Waals surface area contributed by atoms with E-state index in [2.05, 4.69) is 35.2 Å². The quantitative estimate of drug-likeness (QED) is 0.814. The van der Waals surface area contributed by atoms with Crippen molar-refractivity contribution < 1.29 is 9.59 Å². The van der Waals surface area contributed by atoms with Crippen LogP contribution >= 0.6 is 0 Å². The molecule has 2 aliphatic heterocycles. The van der Waals surface area contributed by atoms with Crippen molar-refractivity contribution in [2.75, 3.05) is 18.0 Å². The standard InChI is InChI=1S/C24H28N2O2/c1-2-23(27)26-21-11-7-6-10-20(21)17-22(24(26)28)25-14-12-19(13-15-25)16-18-8-4-3-5-9-18/h3-11,19,22H,2,12-17H2,1H3. The molecule has 1 saturated heterocycles. The second-order valence-electron chi connectivity index (χ2n) is 7.94. The number of piperidine rings is 1. The summed E-state index contributed by atoms with van der Waals surface area (Å²) in [5.41, 5.74) is 3.26. The van der Waals surface area contributed by atoms with E-state index in [0.717, 1.165) is 43.6 Å². The van der Waals surface area contributed by atoms with Crippen LogP contribution in [0.5, 0.6) is 0 Å². The highest BCUT2D eigenvalue weighted by Crippen LogP contribution is 2.32. The van der Waals surface area contributed by atoms with Crippen molar-refractivity contribution in [1.82, 2.24) is 4.90 Å². The maximum atomic E-state index is 13.2. The molecule has 4 nitrogen and oxygen atoms in total. The number of rotatable bonds is 4. The molecule has 2 aliphatic rings. The normalized spacial score (nSPS) is 20.8. The second kappa shape index (κ2) is 8.27. The molecule has 1 unspecified atom stereocenters. The van der Waals surface area contributed by atoms with Gasteiger partial charge in [-0.2, -0.15) is 0 Å². The Kier molecular flexibility index (Phi) is 5.58. The SMILES string of the molecule is CCC(=O)N1C(=O)C(N2CCC(Cc3ccccc3)CC2)Cc2ccccc21. The summed E-state index contributed by atoms with van der Waals surface area (Å²) in [5.74, 6) is 0.506. The number of carbonyl (C=O) groups is 2. The Balaban J connectivity index is 1.46. The summed E-state index contributed by atoms with van der Waals surface area (Å²) in [6, 6.07) is 18.3. The summed E-state index contributed by atoms with van der Waals surface area (Å²) >= 11 is 0. The summed E-state index contributed by atoms with van der Waals surface area (Å²) in [6.45, 7) is 3.66. The zero-order valence-corrected chi connectivity index (χ0v) is 16.5.